The summed E-state index contributed by atoms with van der Waals surface area (Å²) in [6, 6.07) is 7.30. The number of hydrogen-bond acceptors (Lipinski definition) is 4. The van der Waals surface area contributed by atoms with E-state index in [-0.39, 0.29) is 17.9 Å². The van der Waals surface area contributed by atoms with Crippen molar-refractivity contribution in [1.29, 1.82) is 0 Å². The van der Waals surface area contributed by atoms with Crippen molar-refractivity contribution in [2.75, 3.05) is 5.32 Å². The fraction of sp³-hybridized carbons (Fsp3) is 0.353. The number of thiazole rings is 1. The predicted octanol–water partition coefficient (Wildman–Crippen LogP) is 2.88. The van der Waals surface area contributed by atoms with Crippen molar-refractivity contribution < 1.29 is 9.59 Å². The molecule has 1 fully saturated rings. The van der Waals surface area contributed by atoms with Crippen LogP contribution in [0.2, 0.25) is 0 Å². The number of rotatable bonds is 6. The molecule has 7 heteroatoms. The van der Waals surface area contributed by atoms with Gasteiger partial charge in [-0.05, 0) is 30.5 Å². The zero-order valence-electron chi connectivity index (χ0n) is 13.2. The van der Waals surface area contributed by atoms with Crippen LogP contribution in [0.4, 0.5) is 10.5 Å². The lowest BCUT2D eigenvalue weighted by molar-refractivity contribution is -0.122. The summed E-state index contributed by atoms with van der Waals surface area (Å²) in [6.45, 7) is 0.808. The Labute approximate surface area is 144 Å². The van der Waals surface area contributed by atoms with E-state index in [0.29, 0.717) is 13.1 Å². The van der Waals surface area contributed by atoms with Crippen LogP contribution in [0.3, 0.4) is 0 Å². The molecule has 0 radical (unpaired) electrons. The maximum absolute atomic E-state index is 12.0. The van der Waals surface area contributed by atoms with Gasteiger partial charge in [0, 0.05) is 23.5 Å². The van der Waals surface area contributed by atoms with Gasteiger partial charge in [-0.15, -0.1) is 11.3 Å². The molecule has 0 bridgehead atoms. The number of anilines is 1. The molecule has 0 saturated heterocycles. The van der Waals surface area contributed by atoms with E-state index in [2.05, 4.69) is 20.9 Å². The summed E-state index contributed by atoms with van der Waals surface area (Å²) in [4.78, 5) is 27.9. The van der Waals surface area contributed by atoms with E-state index in [1.165, 1.54) is 11.3 Å². The lowest BCUT2D eigenvalue weighted by Crippen LogP contribution is -2.34. The van der Waals surface area contributed by atoms with Crippen LogP contribution in [0.1, 0.15) is 30.5 Å². The van der Waals surface area contributed by atoms with Gasteiger partial charge in [-0.2, -0.15) is 0 Å². The molecule has 1 heterocycles. The monoisotopic (exact) mass is 344 g/mol. The molecule has 24 heavy (non-hydrogen) atoms. The molecule has 1 saturated carbocycles. The molecular weight excluding hydrogens is 324 g/mol. The first kappa shape index (κ1) is 16.4. The Morgan fingerprint density at radius 1 is 1.21 bits per heavy atom. The minimum Gasteiger partial charge on any atom is -0.334 e. The standard InChI is InChI=1S/C17H20N4O2S/c22-16(13-4-2-5-13)21-14-6-1-3-12(7-14)8-18-17(23)19-9-15-10-24-11-20-15/h1,3,6-7,10-11,13H,2,4-5,8-9H2,(H,21,22)(H2,18,19,23). The van der Waals surface area contributed by atoms with Crippen molar-refractivity contribution in [1.82, 2.24) is 15.6 Å². The highest BCUT2D eigenvalue weighted by Gasteiger charge is 2.25. The number of aromatic nitrogens is 1. The van der Waals surface area contributed by atoms with Crippen LogP contribution in [0.5, 0.6) is 0 Å². The number of amides is 3. The van der Waals surface area contributed by atoms with E-state index in [9.17, 15) is 9.59 Å². The summed E-state index contributed by atoms with van der Waals surface area (Å²) < 4.78 is 0. The average Bonchev–Trinajstić information content (AvgIpc) is 3.03. The van der Waals surface area contributed by atoms with Gasteiger partial charge < -0.3 is 16.0 Å². The second kappa shape index (κ2) is 7.92. The maximum atomic E-state index is 12.0. The van der Waals surface area contributed by atoms with Crippen molar-refractivity contribution in [3.05, 3.63) is 46.4 Å². The largest absolute Gasteiger partial charge is 0.334 e. The Morgan fingerprint density at radius 3 is 2.75 bits per heavy atom. The molecule has 0 aliphatic heterocycles. The number of benzene rings is 1. The second-order valence-electron chi connectivity index (χ2n) is 5.83. The zero-order valence-corrected chi connectivity index (χ0v) is 14.1. The maximum Gasteiger partial charge on any atom is 0.315 e. The molecule has 3 rings (SSSR count). The normalized spacial score (nSPS) is 13.8. The van der Waals surface area contributed by atoms with Crippen LogP contribution < -0.4 is 16.0 Å². The summed E-state index contributed by atoms with van der Waals surface area (Å²) >= 11 is 1.50. The molecule has 1 aromatic heterocycles. The van der Waals surface area contributed by atoms with Gasteiger partial charge in [0.05, 0.1) is 17.7 Å². The van der Waals surface area contributed by atoms with Crippen LogP contribution in [0.25, 0.3) is 0 Å². The van der Waals surface area contributed by atoms with Crippen LogP contribution in [-0.4, -0.2) is 16.9 Å². The summed E-state index contributed by atoms with van der Waals surface area (Å²) in [6.07, 6.45) is 3.09. The predicted molar refractivity (Wildman–Crippen MR) is 93.6 cm³/mol. The van der Waals surface area contributed by atoms with Crippen LogP contribution in [0, 0.1) is 5.92 Å². The molecule has 3 N–H and O–H groups in total. The molecule has 3 amide bonds. The van der Waals surface area contributed by atoms with Crippen molar-refractivity contribution in [2.24, 2.45) is 5.92 Å². The average molecular weight is 344 g/mol. The number of carbonyl (C=O) groups is 2. The van der Waals surface area contributed by atoms with Gasteiger partial charge in [-0.3, -0.25) is 4.79 Å². The van der Waals surface area contributed by atoms with Gasteiger partial charge in [0.1, 0.15) is 0 Å². The van der Waals surface area contributed by atoms with Gasteiger partial charge >= 0.3 is 6.03 Å². The van der Waals surface area contributed by atoms with E-state index < -0.39 is 0 Å². The van der Waals surface area contributed by atoms with E-state index in [4.69, 9.17) is 0 Å². The quantitative estimate of drug-likeness (QED) is 0.753. The fourth-order valence-electron chi connectivity index (χ4n) is 2.41. The number of nitrogens with one attached hydrogen (secondary N) is 3. The second-order valence-corrected chi connectivity index (χ2v) is 6.55. The van der Waals surface area contributed by atoms with Gasteiger partial charge in [0.15, 0.2) is 0 Å². The fourth-order valence-corrected chi connectivity index (χ4v) is 2.97. The topological polar surface area (TPSA) is 83.1 Å². The van der Waals surface area contributed by atoms with Crippen molar-refractivity contribution in [2.45, 2.75) is 32.4 Å². The van der Waals surface area contributed by atoms with Gasteiger partial charge in [0.25, 0.3) is 0 Å². The minimum atomic E-state index is -0.244. The third-order valence-electron chi connectivity index (χ3n) is 4.04. The third-order valence-corrected chi connectivity index (χ3v) is 4.67. The molecule has 126 valence electrons. The molecule has 1 aliphatic carbocycles. The molecule has 6 nitrogen and oxygen atoms in total. The zero-order chi connectivity index (χ0) is 16.8. The van der Waals surface area contributed by atoms with E-state index in [1.807, 2.05) is 29.6 Å². The minimum absolute atomic E-state index is 0.0902. The SMILES string of the molecule is O=C(NCc1cccc(NC(=O)C2CCC2)c1)NCc1cscn1. The first-order chi connectivity index (χ1) is 11.7. The van der Waals surface area contributed by atoms with Crippen molar-refractivity contribution in [3.63, 3.8) is 0 Å². The van der Waals surface area contributed by atoms with E-state index in [0.717, 1.165) is 36.2 Å². The van der Waals surface area contributed by atoms with Crippen LogP contribution in [0.15, 0.2) is 35.2 Å². The Bertz CT molecular complexity index is 698. The Hall–Kier alpha value is -2.41. The lowest BCUT2D eigenvalue weighted by atomic mass is 9.85. The summed E-state index contributed by atoms with van der Waals surface area (Å²) in [5.41, 5.74) is 4.29. The molecule has 0 spiro atoms. The number of urea groups is 1. The smallest absolute Gasteiger partial charge is 0.315 e. The number of nitrogens with zero attached hydrogens (tertiary/aromatic N) is 1. The Balaban J connectivity index is 1.45. The Morgan fingerprint density at radius 2 is 2.04 bits per heavy atom. The summed E-state index contributed by atoms with van der Waals surface area (Å²) in [5, 5.41) is 10.4. The van der Waals surface area contributed by atoms with Gasteiger partial charge in [-0.1, -0.05) is 18.6 Å². The van der Waals surface area contributed by atoms with Gasteiger partial charge in [-0.25, -0.2) is 9.78 Å². The van der Waals surface area contributed by atoms with Crippen molar-refractivity contribution >= 4 is 29.0 Å². The highest BCUT2D eigenvalue weighted by Crippen LogP contribution is 2.27. The first-order valence-electron chi connectivity index (χ1n) is 7.99. The summed E-state index contributed by atoms with van der Waals surface area (Å²) in [5.74, 6) is 0.246. The number of hydrogen-bond donors (Lipinski definition) is 3. The molecule has 1 aliphatic rings. The highest BCUT2D eigenvalue weighted by molar-refractivity contribution is 7.07. The van der Waals surface area contributed by atoms with E-state index in [1.54, 1.807) is 5.51 Å². The molecule has 0 atom stereocenters. The Kier molecular flexibility index (Phi) is 5.43. The summed E-state index contributed by atoms with van der Waals surface area (Å²) in [7, 11) is 0. The van der Waals surface area contributed by atoms with Crippen molar-refractivity contribution in [3.8, 4) is 0 Å². The highest BCUT2D eigenvalue weighted by atomic mass is 32.1. The molecular formula is C17H20N4O2S. The molecule has 1 aromatic carbocycles. The van der Waals surface area contributed by atoms with Gasteiger partial charge in [0.2, 0.25) is 5.91 Å². The van der Waals surface area contributed by atoms with E-state index >= 15 is 0 Å². The first-order valence-corrected chi connectivity index (χ1v) is 8.93. The van der Waals surface area contributed by atoms with Crippen LogP contribution in [-0.2, 0) is 17.9 Å². The van der Waals surface area contributed by atoms with Crippen LogP contribution >= 0.6 is 11.3 Å². The number of carbonyl (C=O) groups excluding carboxylic acids is 2. The molecule has 0 unspecified atom stereocenters. The third kappa shape index (κ3) is 4.55. The lowest BCUT2D eigenvalue weighted by Gasteiger charge is -2.24. The molecule has 2 aromatic rings.